The van der Waals surface area contributed by atoms with E-state index in [9.17, 15) is 26.8 Å². The van der Waals surface area contributed by atoms with Crippen LogP contribution in [0.15, 0.2) is 53.4 Å². The van der Waals surface area contributed by atoms with Crippen LogP contribution in [0.1, 0.15) is 30.6 Å². The summed E-state index contributed by atoms with van der Waals surface area (Å²) in [5, 5.41) is 2.81. The SMILES string of the molecule is CCC(C)C(NC(=O)c1ccccc1)C(=O)N1CCN(S(=O)(=O)c2cc(F)ccc2F)CC1. The largest absolute Gasteiger partial charge is 0.340 e. The molecule has 2 amide bonds. The summed E-state index contributed by atoms with van der Waals surface area (Å²) in [6, 6.07) is 10.1. The lowest BCUT2D eigenvalue weighted by Crippen LogP contribution is -2.57. The van der Waals surface area contributed by atoms with E-state index in [-0.39, 0.29) is 43.9 Å². The summed E-state index contributed by atoms with van der Waals surface area (Å²) in [5.41, 5.74) is 0.437. The lowest BCUT2D eigenvalue weighted by molar-refractivity contribution is -0.135. The predicted molar refractivity (Wildman–Crippen MR) is 119 cm³/mol. The molecule has 1 aliphatic rings. The molecule has 0 saturated carbocycles. The van der Waals surface area contributed by atoms with Crippen LogP contribution in [0.3, 0.4) is 0 Å². The highest BCUT2D eigenvalue weighted by Crippen LogP contribution is 2.22. The molecule has 7 nitrogen and oxygen atoms in total. The Morgan fingerprint density at radius 1 is 1.03 bits per heavy atom. The smallest absolute Gasteiger partial charge is 0.251 e. The predicted octanol–water partition coefficient (Wildman–Crippen LogP) is 2.64. The van der Waals surface area contributed by atoms with Crippen molar-refractivity contribution in [2.24, 2.45) is 5.92 Å². The van der Waals surface area contributed by atoms with E-state index in [1.54, 1.807) is 30.3 Å². The Kier molecular flexibility index (Phi) is 7.80. The first kappa shape index (κ1) is 24.8. The second-order valence-electron chi connectivity index (χ2n) is 8.01. The molecule has 2 aromatic carbocycles. The number of carbonyl (C=O) groups excluding carboxylic acids is 2. The Morgan fingerprint density at radius 3 is 2.27 bits per heavy atom. The maximum atomic E-state index is 14.0. The number of sulfonamides is 1. The van der Waals surface area contributed by atoms with Gasteiger partial charge >= 0.3 is 0 Å². The van der Waals surface area contributed by atoms with Gasteiger partial charge in [0.1, 0.15) is 22.6 Å². The molecule has 33 heavy (non-hydrogen) atoms. The van der Waals surface area contributed by atoms with E-state index in [0.29, 0.717) is 18.1 Å². The van der Waals surface area contributed by atoms with Crippen molar-refractivity contribution in [2.45, 2.75) is 31.2 Å². The molecule has 0 aliphatic carbocycles. The molecule has 1 aliphatic heterocycles. The van der Waals surface area contributed by atoms with E-state index in [0.717, 1.165) is 16.4 Å². The van der Waals surface area contributed by atoms with Crippen molar-refractivity contribution in [3.05, 3.63) is 65.7 Å². The van der Waals surface area contributed by atoms with Gasteiger partial charge < -0.3 is 10.2 Å². The minimum Gasteiger partial charge on any atom is -0.340 e. The number of rotatable bonds is 7. The molecule has 0 bridgehead atoms. The number of piperazine rings is 1. The molecule has 0 aromatic heterocycles. The monoisotopic (exact) mass is 479 g/mol. The summed E-state index contributed by atoms with van der Waals surface area (Å²) in [7, 11) is -4.25. The fourth-order valence-electron chi connectivity index (χ4n) is 3.66. The molecule has 1 heterocycles. The fourth-order valence-corrected chi connectivity index (χ4v) is 5.15. The number of amides is 2. The zero-order valence-corrected chi connectivity index (χ0v) is 19.3. The van der Waals surface area contributed by atoms with Crippen molar-refractivity contribution in [2.75, 3.05) is 26.2 Å². The summed E-state index contributed by atoms with van der Waals surface area (Å²) < 4.78 is 54.2. The van der Waals surface area contributed by atoms with E-state index >= 15 is 0 Å². The van der Waals surface area contributed by atoms with Gasteiger partial charge in [-0.3, -0.25) is 9.59 Å². The Bertz CT molecular complexity index is 1100. The minimum atomic E-state index is -4.25. The van der Waals surface area contributed by atoms with Crippen LogP contribution in [0.5, 0.6) is 0 Å². The summed E-state index contributed by atoms with van der Waals surface area (Å²) in [6.07, 6.45) is 0.651. The zero-order chi connectivity index (χ0) is 24.2. The normalized spacial score (nSPS) is 16.8. The molecular weight excluding hydrogens is 452 g/mol. The van der Waals surface area contributed by atoms with Crippen molar-refractivity contribution in [3.63, 3.8) is 0 Å². The number of carbonyl (C=O) groups is 2. The van der Waals surface area contributed by atoms with Crippen LogP contribution in [0.2, 0.25) is 0 Å². The van der Waals surface area contributed by atoms with Crippen LogP contribution in [-0.4, -0.2) is 61.7 Å². The summed E-state index contributed by atoms with van der Waals surface area (Å²) in [6.45, 7) is 3.79. The zero-order valence-electron chi connectivity index (χ0n) is 18.5. The molecule has 2 atom stereocenters. The number of halogens is 2. The molecule has 1 saturated heterocycles. The number of hydrogen-bond acceptors (Lipinski definition) is 4. The summed E-state index contributed by atoms with van der Waals surface area (Å²) >= 11 is 0. The summed E-state index contributed by atoms with van der Waals surface area (Å²) in [5.74, 6) is -2.70. The van der Waals surface area contributed by atoms with E-state index in [1.807, 2.05) is 13.8 Å². The maximum Gasteiger partial charge on any atom is 0.251 e. The van der Waals surface area contributed by atoms with Gasteiger partial charge in [-0.25, -0.2) is 17.2 Å². The van der Waals surface area contributed by atoms with Crippen molar-refractivity contribution in [1.82, 2.24) is 14.5 Å². The lowest BCUT2D eigenvalue weighted by atomic mass is 9.97. The third-order valence-corrected chi connectivity index (χ3v) is 7.78. The van der Waals surface area contributed by atoms with Gasteiger partial charge in [-0.2, -0.15) is 4.31 Å². The van der Waals surface area contributed by atoms with Gasteiger partial charge in [0, 0.05) is 31.7 Å². The van der Waals surface area contributed by atoms with Gasteiger partial charge in [0.05, 0.1) is 0 Å². The van der Waals surface area contributed by atoms with Crippen LogP contribution >= 0.6 is 0 Å². The number of hydrogen-bond donors (Lipinski definition) is 1. The molecule has 0 spiro atoms. The fraction of sp³-hybridized carbons (Fsp3) is 0.391. The highest BCUT2D eigenvalue weighted by Gasteiger charge is 2.36. The van der Waals surface area contributed by atoms with Crippen LogP contribution in [0, 0.1) is 17.6 Å². The first-order valence-electron chi connectivity index (χ1n) is 10.7. The molecular formula is C23H27F2N3O4S. The van der Waals surface area contributed by atoms with Crippen LogP contribution in [0.25, 0.3) is 0 Å². The van der Waals surface area contributed by atoms with E-state index < -0.39 is 32.6 Å². The second kappa shape index (κ2) is 10.4. The third-order valence-electron chi connectivity index (χ3n) is 5.86. The van der Waals surface area contributed by atoms with Gasteiger partial charge in [-0.15, -0.1) is 0 Å². The highest BCUT2D eigenvalue weighted by molar-refractivity contribution is 7.89. The average Bonchev–Trinajstić information content (AvgIpc) is 2.83. The van der Waals surface area contributed by atoms with Gasteiger partial charge in [0.25, 0.3) is 5.91 Å². The van der Waals surface area contributed by atoms with Crippen molar-refractivity contribution < 1.29 is 26.8 Å². The van der Waals surface area contributed by atoms with E-state index in [2.05, 4.69) is 5.32 Å². The Labute approximate surface area is 192 Å². The third kappa shape index (κ3) is 5.56. The van der Waals surface area contributed by atoms with E-state index in [1.165, 1.54) is 4.90 Å². The number of benzene rings is 2. The van der Waals surface area contributed by atoms with Gasteiger partial charge in [0.2, 0.25) is 15.9 Å². The highest BCUT2D eigenvalue weighted by atomic mass is 32.2. The van der Waals surface area contributed by atoms with Crippen molar-refractivity contribution >= 4 is 21.8 Å². The summed E-state index contributed by atoms with van der Waals surface area (Å²) in [4.78, 5) is 26.6. The van der Waals surface area contributed by atoms with Crippen LogP contribution < -0.4 is 5.32 Å². The van der Waals surface area contributed by atoms with Gasteiger partial charge in [-0.1, -0.05) is 38.5 Å². The molecule has 2 aromatic rings. The molecule has 3 rings (SSSR count). The van der Waals surface area contributed by atoms with Gasteiger partial charge in [-0.05, 0) is 36.2 Å². The second-order valence-corrected chi connectivity index (χ2v) is 9.91. The van der Waals surface area contributed by atoms with Crippen LogP contribution in [0.4, 0.5) is 8.78 Å². The lowest BCUT2D eigenvalue weighted by Gasteiger charge is -2.37. The van der Waals surface area contributed by atoms with Crippen molar-refractivity contribution in [1.29, 1.82) is 0 Å². The molecule has 2 unspecified atom stereocenters. The molecule has 178 valence electrons. The molecule has 0 radical (unpaired) electrons. The van der Waals surface area contributed by atoms with Crippen molar-refractivity contribution in [3.8, 4) is 0 Å². The molecule has 10 heteroatoms. The van der Waals surface area contributed by atoms with E-state index in [4.69, 9.17) is 0 Å². The molecule has 1 fully saturated rings. The Balaban J connectivity index is 1.70. The van der Waals surface area contributed by atoms with Gasteiger partial charge in [0.15, 0.2) is 0 Å². The standard InChI is InChI=1S/C23H27F2N3O4S/c1-3-16(2)21(26-22(29)17-7-5-4-6-8-17)23(30)27-11-13-28(14-12-27)33(31,32)20-15-18(24)9-10-19(20)25/h4-10,15-16,21H,3,11-14H2,1-2H3,(H,26,29). The quantitative estimate of drug-likeness (QED) is 0.662. The first-order chi connectivity index (χ1) is 15.6. The minimum absolute atomic E-state index is 0.0656. The topological polar surface area (TPSA) is 86.8 Å². The number of nitrogens with zero attached hydrogens (tertiary/aromatic N) is 2. The maximum absolute atomic E-state index is 14.0. The number of nitrogens with one attached hydrogen (secondary N) is 1. The first-order valence-corrected chi connectivity index (χ1v) is 12.2. The Morgan fingerprint density at radius 2 is 1.67 bits per heavy atom. The van der Waals surface area contributed by atoms with Crippen LogP contribution in [-0.2, 0) is 14.8 Å². The Hall–Kier alpha value is -2.85. The average molecular weight is 480 g/mol. The molecule has 1 N–H and O–H groups in total.